The maximum Gasteiger partial charge on any atom is 0.291 e. The molecule has 0 bridgehead atoms. The van der Waals surface area contributed by atoms with Crippen molar-refractivity contribution in [3.05, 3.63) is 70.4 Å². The molecule has 26 heavy (non-hydrogen) atoms. The van der Waals surface area contributed by atoms with Gasteiger partial charge in [-0.25, -0.2) is 4.68 Å². The third-order valence-electron chi connectivity index (χ3n) is 4.27. The number of aromatic amines is 1. The average Bonchev–Trinajstić information content (AvgIpc) is 3.02. The lowest BCUT2D eigenvalue weighted by Crippen LogP contribution is -2.33. The van der Waals surface area contributed by atoms with E-state index in [-0.39, 0.29) is 18.0 Å². The molecule has 7 nitrogen and oxygen atoms in total. The highest BCUT2D eigenvalue weighted by Gasteiger charge is 2.12. The first kappa shape index (κ1) is 16.0. The molecule has 0 aliphatic carbocycles. The van der Waals surface area contributed by atoms with Gasteiger partial charge >= 0.3 is 0 Å². The lowest BCUT2D eigenvalue weighted by molar-refractivity contribution is -0.122. The normalized spacial score (nSPS) is 11.1. The molecule has 0 aliphatic heterocycles. The number of aromatic nitrogens is 4. The van der Waals surface area contributed by atoms with Crippen LogP contribution in [0.3, 0.4) is 0 Å². The fraction of sp³-hybridized carbons (Fsp3) is 0.158. The van der Waals surface area contributed by atoms with E-state index in [4.69, 9.17) is 0 Å². The fourth-order valence-corrected chi connectivity index (χ4v) is 2.95. The van der Waals surface area contributed by atoms with E-state index in [1.54, 1.807) is 24.7 Å². The molecule has 4 rings (SSSR count). The summed E-state index contributed by atoms with van der Waals surface area (Å²) < 4.78 is 1.17. The number of nitrogens with zero attached hydrogens (tertiary/aromatic N) is 3. The second kappa shape index (κ2) is 6.44. The number of hydrogen-bond donors (Lipinski definition) is 2. The molecule has 3 heterocycles. The van der Waals surface area contributed by atoms with Gasteiger partial charge in [0, 0.05) is 35.2 Å². The van der Waals surface area contributed by atoms with Crippen molar-refractivity contribution in [1.29, 1.82) is 0 Å². The van der Waals surface area contributed by atoms with Crippen molar-refractivity contribution in [3.8, 4) is 0 Å². The first-order chi connectivity index (χ1) is 12.6. The molecule has 0 atom stereocenters. The van der Waals surface area contributed by atoms with Gasteiger partial charge in [0.05, 0.1) is 6.20 Å². The number of rotatable bonds is 4. The number of fused-ring (bicyclic) bond motifs is 3. The molecule has 3 aromatic heterocycles. The summed E-state index contributed by atoms with van der Waals surface area (Å²) in [7, 11) is 0. The van der Waals surface area contributed by atoms with E-state index < -0.39 is 0 Å². The van der Waals surface area contributed by atoms with E-state index in [0.717, 1.165) is 27.4 Å². The van der Waals surface area contributed by atoms with E-state index in [0.29, 0.717) is 12.1 Å². The van der Waals surface area contributed by atoms with Gasteiger partial charge in [-0.1, -0.05) is 17.7 Å². The number of carbonyl (C=O) groups is 1. The molecule has 7 heteroatoms. The molecule has 2 N–H and O–H groups in total. The molecule has 0 spiro atoms. The Hall–Kier alpha value is -3.48. The second-order valence-electron chi connectivity index (χ2n) is 6.21. The first-order valence-corrected chi connectivity index (χ1v) is 8.25. The summed E-state index contributed by atoms with van der Waals surface area (Å²) in [6.45, 7) is 2.22. The zero-order chi connectivity index (χ0) is 18.1. The zero-order valence-electron chi connectivity index (χ0n) is 14.2. The van der Waals surface area contributed by atoms with E-state index in [1.165, 1.54) is 4.68 Å². The molecule has 4 aromatic rings. The average molecular weight is 347 g/mol. The van der Waals surface area contributed by atoms with Gasteiger partial charge in [-0.15, -0.1) is 0 Å². The number of H-pyrrole nitrogens is 1. The Morgan fingerprint density at radius 2 is 2.12 bits per heavy atom. The van der Waals surface area contributed by atoms with Crippen LogP contribution in [0.15, 0.2) is 53.7 Å². The molecule has 0 saturated carbocycles. The van der Waals surface area contributed by atoms with Gasteiger partial charge in [-0.05, 0) is 30.7 Å². The number of hydrogen-bond acceptors (Lipinski definition) is 4. The van der Waals surface area contributed by atoms with Crippen molar-refractivity contribution in [2.75, 3.05) is 0 Å². The van der Waals surface area contributed by atoms with Crippen molar-refractivity contribution in [1.82, 2.24) is 25.1 Å². The summed E-state index contributed by atoms with van der Waals surface area (Å²) in [5.74, 6) is -0.283. The highest BCUT2D eigenvalue weighted by molar-refractivity contribution is 6.06. The molecule has 0 fully saturated rings. The number of pyridine rings is 1. The summed E-state index contributed by atoms with van der Waals surface area (Å²) in [4.78, 5) is 32.0. The van der Waals surface area contributed by atoms with E-state index in [9.17, 15) is 9.59 Å². The SMILES string of the molecule is Cc1ccc2[nH]c3c(=O)n(CC(=O)NCc4cccnc4)ncc3c2c1. The molecule has 1 amide bonds. The van der Waals surface area contributed by atoms with Crippen molar-refractivity contribution in [2.45, 2.75) is 20.0 Å². The minimum Gasteiger partial charge on any atom is -0.350 e. The number of nitrogens with one attached hydrogen (secondary N) is 2. The predicted octanol–water partition coefficient (Wildman–Crippen LogP) is 1.90. The quantitative estimate of drug-likeness (QED) is 0.590. The fourth-order valence-electron chi connectivity index (χ4n) is 2.95. The van der Waals surface area contributed by atoms with Gasteiger partial charge in [0.15, 0.2) is 0 Å². The van der Waals surface area contributed by atoms with Crippen molar-refractivity contribution in [3.63, 3.8) is 0 Å². The van der Waals surface area contributed by atoms with Gasteiger partial charge in [-0.2, -0.15) is 5.10 Å². The van der Waals surface area contributed by atoms with Gasteiger partial charge in [0.1, 0.15) is 12.1 Å². The Bertz CT molecular complexity index is 1160. The highest BCUT2D eigenvalue weighted by Crippen LogP contribution is 2.23. The topological polar surface area (TPSA) is 92.7 Å². The van der Waals surface area contributed by atoms with Crippen LogP contribution < -0.4 is 10.9 Å². The number of carbonyl (C=O) groups excluding carboxylic acids is 1. The molecule has 0 aliphatic rings. The van der Waals surface area contributed by atoms with Crippen LogP contribution in [0.5, 0.6) is 0 Å². The van der Waals surface area contributed by atoms with E-state index in [1.807, 2.05) is 31.2 Å². The lowest BCUT2D eigenvalue weighted by atomic mass is 10.1. The Kier molecular flexibility index (Phi) is 3.96. The minimum absolute atomic E-state index is 0.135. The van der Waals surface area contributed by atoms with Crippen LogP contribution in [0.25, 0.3) is 21.8 Å². The summed E-state index contributed by atoms with van der Waals surface area (Å²) >= 11 is 0. The van der Waals surface area contributed by atoms with Crippen LogP contribution in [0.2, 0.25) is 0 Å². The molecule has 0 radical (unpaired) electrons. The number of amides is 1. The molecule has 0 saturated heterocycles. The maximum atomic E-state index is 12.7. The predicted molar refractivity (Wildman–Crippen MR) is 98.7 cm³/mol. The van der Waals surface area contributed by atoms with Gasteiger partial charge < -0.3 is 10.3 Å². The Balaban J connectivity index is 1.59. The number of benzene rings is 1. The smallest absolute Gasteiger partial charge is 0.291 e. The van der Waals surface area contributed by atoms with Gasteiger partial charge in [0.2, 0.25) is 5.91 Å². The Morgan fingerprint density at radius 3 is 2.92 bits per heavy atom. The first-order valence-electron chi connectivity index (χ1n) is 8.25. The zero-order valence-corrected chi connectivity index (χ0v) is 14.2. The van der Waals surface area contributed by atoms with Crippen molar-refractivity contribution in [2.24, 2.45) is 0 Å². The summed E-state index contributed by atoms with van der Waals surface area (Å²) in [5.41, 5.74) is 3.02. The summed E-state index contributed by atoms with van der Waals surface area (Å²) in [5, 5.41) is 8.65. The minimum atomic E-state index is -0.312. The monoisotopic (exact) mass is 347 g/mol. The van der Waals surface area contributed by atoms with E-state index in [2.05, 4.69) is 20.4 Å². The standard InChI is InChI=1S/C19H17N5O2/c1-12-4-5-16-14(7-12)15-10-22-24(19(26)18(15)23-16)11-17(25)21-9-13-3-2-6-20-8-13/h2-8,10,23H,9,11H2,1H3,(H,21,25). The third-order valence-corrected chi connectivity index (χ3v) is 4.27. The van der Waals surface area contributed by atoms with Crippen molar-refractivity contribution < 1.29 is 4.79 Å². The maximum absolute atomic E-state index is 12.7. The Morgan fingerprint density at radius 1 is 1.23 bits per heavy atom. The van der Waals surface area contributed by atoms with Crippen LogP contribution in [-0.2, 0) is 17.9 Å². The molecular weight excluding hydrogens is 330 g/mol. The van der Waals surface area contributed by atoms with Crippen molar-refractivity contribution >= 4 is 27.7 Å². The largest absolute Gasteiger partial charge is 0.350 e. The van der Waals surface area contributed by atoms with Crippen LogP contribution >= 0.6 is 0 Å². The van der Waals surface area contributed by atoms with E-state index >= 15 is 0 Å². The van der Waals surface area contributed by atoms with Crippen LogP contribution in [0.4, 0.5) is 0 Å². The van der Waals surface area contributed by atoms with Crippen LogP contribution in [0, 0.1) is 6.92 Å². The lowest BCUT2D eigenvalue weighted by Gasteiger charge is -2.06. The Labute approximate surface area is 148 Å². The third kappa shape index (κ3) is 2.95. The molecule has 1 aromatic carbocycles. The highest BCUT2D eigenvalue weighted by atomic mass is 16.2. The summed E-state index contributed by atoms with van der Waals surface area (Å²) in [6.07, 6.45) is 4.98. The molecule has 0 unspecified atom stereocenters. The number of aryl methyl sites for hydroxylation is 1. The molecule has 130 valence electrons. The molecular formula is C19H17N5O2. The summed E-state index contributed by atoms with van der Waals surface area (Å²) in [6, 6.07) is 9.61. The van der Waals surface area contributed by atoms with Gasteiger partial charge in [-0.3, -0.25) is 14.6 Å². The second-order valence-corrected chi connectivity index (χ2v) is 6.21. The van der Waals surface area contributed by atoms with Crippen LogP contribution in [0.1, 0.15) is 11.1 Å². The van der Waals surface area contributed by atoms with Crippen LogP contribution in [-0.4, -0.2) is 25.7 Å². The van der Waals surface area contributed by atoms with Gasteiger partial charge in [0.25, 0.3) is 5.56 Å².